The van der Waals surface area contributed by atoms with Gasteiger partial charge in [-0.05, 0) is 36.5 Å². The van der Waals surface area contributed by atoms with Crippen LogP contribution in [-0.4, -0.2) is 40.7 Å². The maximum Gasteiger partial charge on any atom is 0.335 e. The zero-order chi connectivity index (χ0) is 14.9. The van der Waals surface area contributed by atoms with Gasteiger partial charge < -0.3 is 20.4 Å². The van der Waals surface area contributed by atoms with Crippen molar-refractivity contribution in [2.24, 2.45) is 11.8 Å². The van der Waals surface area contributed by atoms with Crippen molar-refractivity contribution < 1.29 is 19.8 Å². The summed E-state index contributed by atoms with van der Waals surface area (Å²) in [6, 6.07) is 3.51. The minimum Gasteiger partial charge on any atom is -0.506 e. The first-order valence-electron chi connectivity index (χ1n) is 6.47. The van der Waals surface area contributed by atoms with Gasteiger partial charge in [-0.15, -0.1) is 0 Å². The average Bonchev–Trinajstić information content (AvgIpc) is 3.06. The number of carbonyl (C=O) groups is 2. The van der Waals surface area contributed by atoms with Gasteiger partial charge in [0.15, 0.2) is 0 Å². The maximum absolute atomic E-state index is 11.9. The monoisotopic (exact) mass is 278 g/mol. The molecule has 0 radical (unpaired) electrons. The molecule has 2 rings (SSSR count). The molecule has 1 fully saturated rings. The van der Waals surface area contributed by atoms with Crippen LogP contribution in [0.5, 0.6) is 5.75 Å². The fourth-order valence-corrected chi connectivity index (χ4v) is 2.07. The number of nitrogens with one attached hydrogen (secondary N) is 1. The van der Waals surface area contributed by atoms with E-state index in [-0.39, 0.29) is 23.0 Å². The summed E-state index contributed by atoms with van der Waals surface area (Å²) in [5, 5.41) is 21.1. The van der Waals surface area contributed by atoms with Crippen LogP contribution in [0.2, 0.25) is 0 Å². The summed E-state index contributed by atoms with van der Waals surface area (Å²) in [5.74, 6) is -0.174. The van der Waals surface area contributed by atoms with Gasteiger partial charge in [-0.1, -0.05) is 6.92 Å². The number of carbonyl (C=O) groups excluding carboxylic acids is 1. The van der Waals surface area contributed by atoms with Gasteiger partial charge in [0.1, 0.15) is 5.75 Å². The zero-order valence-corrected chi connectivity index (χ0v) is 11.5. The molecule has 1 aliphatic carbocycles. The maximum atomic E-state index is 11.9. The average molecular weight is 278 g/mol. The van der Waals surface area contributed by atoms with E-state index >= 15 is 0 Å². The van der Waals surface area contributed by atoms with Crippen LogP contribution in [0, 0.1) is 11.8 Å². The van der Waals surface area contributed by atoms with E-state index in [0.717, 1.165) is 12.5 Å². The second-order valence-electron chi connectivity index (χ2n) is 5.32. The van der Waals surface area contributed by atoms with E-state index in [4.69, 9.17) is 5.11 Å². The van der Waals surface area contributed by atoms with E-state index < -0.39 is 5.97 Å². The number of nitrogens with zero attached hydrogens (tertiary/aromatic N) is 1. The number of anilines is 1. The molecule has 2 unspecified atom stereocenters. The van der Waals surface area contributed by atoms with E-state index in [0.29, 0.717) is 18.4 Å². The SMILES string of the molecule is CC1CC1CN(C)C(=O)Nc1ccc(C(=O)O)cc1O. The van der Waals surface area contributed by atoms with Gasteiger partial charge in [0.2, 0.25) is 0 Å². The van der Waals surface area contributed by atoms with E-state index in [1.165, 1.54) is 12.1 Å². The zero-order valence-electron chi connectivity index (χ0n) is 11.5. The van der Waals surface area contributed by atoms with Gasteiger partial charge in [0.05, 0.1) is 11.3 Å². The second kappa shape index (κ2) is 5.40. The minimum atomic E-state index is -1.13. The molecule has 1 saturated carbocycles. The van der Waals surface area contributed by atoms with Gasteiger partial charge in [0, 0.05) is 13.6 Å². The molecule has 1 aliphatic rings. The lowest BCUT2D eigenvalue weighted by molar-refractivity contribution is 0.0696. The molecule has 6 nitrogen and oxygen atoms in total. The van der Waals surface area contributed by atoms with Crippen LogP contribution in [0.4, 0.5) is 10.5 Å². The minimum absolute atomic E-state index is 0.0272. The number of phenols is 1. The number of aromatic carboxylic acids is 1. The lowest BCUT2D eigenvalue weighted by Crippen LogP contribution is -2.33. The predicted octanol–water partition coefficient (Wildman–Crippen LogP) is 2.21. The topological polar surface area (TPSA) is 89.9 Å². The van der Waals surface area contributed by atoms with E-state index in [2.05, 4.69) is 12.2 Å². The molecule has 0 bridgehead atoms. The number of carboxylic acid groups (broad SMARTS) is 1. The van der Waals surface area contributed by atoms with Crippen LogP contribution >= 0.6 is 0 Å². The van der Waals surface area contributed by atoms with Crippen LogP contribution in [0.25, 0.3) is 0 Å². The third kappa shape index (κ3) is 3.20. The van der Waals surface area contributed by atoms with E-state index in [1.54, 1.807) is 11.9 Å². The molecule has 1 aromatic carbocycles. The van der Waals surface area contributed by atoms with Crippen LogP contribution < -0.4 is 5.32 Å². The van der Waals surface area contributed by atoms with Gasteiger partial charge in [0.25, 0.3) is 0 Å². The van der Waals surface area contributed by atoms with Crippen LogP contribution in [0.15, 0.2) is 18.2 Å². The molecule has 108 valence electrons. The van der Waals surface area contributed by atoms with Gasteiger partial charge >= 0.3 is 12.0 Å². The molecule has 0 heterocycles. The summed E-state index contributed by atoms with van der Waals surface area (Å²) in [6.07, 6.45) is 1.14. The molecule has 2 atom stereocenters. The molecule has 0 spiro atoms. The molecule has 1 aromatic rings. The Hall–Kier alpha value is -2.24. The van der Waals surface area contributed by atoms with Crippen molar-refractivity contribution >= 4 is 17.7 Å². The first kappa shape index (κ1) is 14.2. The summed E-state index contributed by atoms with van der Waals surface area (Å²) < 4.78 is 0. The van der Waals surface area contributed by atoms with Crippen molar-refractivity contribution in [2.75, 3.05) is 18.9 Å². The predicted molar refractivity (Wildman–Crippen MR) is 74.0 cm³/mol. The van der Waals surface area contributed by atoms with Gasteiger partial charge in [-0.2, -0.15) is 0 Å². The Morgan fingerprint density at radius 1 is 1.45 bits per heavy atom. The number of phenolic OH excluding ortho intramolecular Hbond substituents is 1. The van der Waals surface area contributed by atoms with E-state index in [9.17, 15) is 14.7 Å². The number of aromatic hydroxyl groups is 1. The summed E-state index contributed by atoms with van der Waals surface area (Å²) >= 11 is 0. The first-order valence-corrected chi connectivity index (χ1v) is 6.47. The fourth-order valence-electron chi connectivity index (χ4n) is 2.07. The largest absolute Gasteiger partial charge is 0.506 e. The standard InChI is InChI=1S/C14H18N2O4/c1-8-5-10(8)7-16(2)14(20)15-11-4-3-9(13(18)19)6-12(11)17/h3-4,6,8,10,17H,5,7H2,1-2H3,(H,15,20)(H,18,19). The van der Waals surface area contributed by atoms with Gasteiger partial charge in [-0.25, -0.2) is 9.59 Å². The number of urea groups is 1. The number of carboxylic acids is 1. The number of benzene rings is 1. The smallest absolute Gasteiger partial charge is 0.335 e. The fraction of sp³-hybridized carbons (Fsp3) is 0.429. The summed E-state index contributed by atoms with van der Waals surface area (Å²) in [4.78, 5) is 24.3. The van der Waals surface area contributed by atoms with Crippen molar-refractivity contribution in [1.29, 1.82) is 0 Å². The van der Waals surface area contributed by atoms with Gasteiger partial charge in [-0.3, -0.25) is 0 Å². The highest BCUT2D eigenvalue weighted by Gasteiger charge is 2.34. The Labute approximate surface area is 117 Å². The van der Waals surface area contributed by atoms with Crippen LogP contribution in [-0.2, 0) is 0 Å². The molecule has 0 aromatic heterocycles. The molecule has 2 amide bonds. The van der Waals surface area contributed by atoms with Crippen LogP contribution in [0.3, 0.4) is 0 Å². The summed E-state index contributed by atoms with van der Waals surface area (Å²) in [7, 11) is 1.70. The molecule has 0 saturated heterocycles. The third-order valence-corrected chi connectivity index (χ3v) is 3.62. The van der Waals surface area contributed by atoms with Crippen molar-refractivity contribution in [3.8, 4) is 5.75 Å². The molecular formula is C14H18N2O4. The highest BCUT2D eigenvalue weighted by Crippen LogP contribution is 2.38. The first-order chi connectivity index (χ1) is 9.38. The van der Waals surface area contributed by atoms with Crippen molar-refractivity contribution in [3.05, 3.63) is 23.8 Å². The lowest BCUT2D eigenvalue weighted by atomic mass is 10.2. The van der Waals surface area contributed by atoms with Crippen molar-refractivity contribution in [2.45, 2.75) is 13.3 Å². The van der Waals surface area contributed by atoms with Crippen molar-refractivity contribution in [3.63, 3.8) is 0 Å². The molecule has 0 aliphatic heterocycles. The summed E-state index contributed by atoms with van der Waals surface area (Å²) in [6.45, 7) is 2.83. The highest BCUT2D eigenvalue weighted by atomic mass is 16.4. The highest BCUT2D eigenvalue weighted by molar-refractivity contribution is 5.93. The Morgan fingerprint density at radius 3 is 2.60 bits per heavy atom. The second-order valence-corrected chi connectivity index (χ2v) is 5.32. The number of rotatable bonds is 4. The number of hydrogen-bond donors (Lipinski definition) is 3. The normalized spacial score (nSPS) is 20.3. The number of hydrogen-bond acceptors (Lipinski definition) is 3. The number of amides is 2. The molecule has 20 heavy (non-hydrogen) atoms. The Balaban J connectivity index is 1.98. The Kier molecular flexibility index (Phi) is 3.83. The Bertz CT molecular complexity index is 544. The lowest BCUT2D eigenvalue weighted by Gasteiger charge is -2.18. The summed E-state index contributed by atoms with van der Waals surface area (Å²) in [5.41, 5.74) is 0.177. The quantitative estimate of drug-likeness (QED) is 0.736. The van der Waals surface area contributed by atoms with Crippen LogP contribution in [0.1, 0.15) is 23.7 Å². The molecule has 6 heteroatoms. The Morgan fingerprint density at radius 2 is 2.10 bits per heavy atom. The third-order valence-electron chi connectivity index (χ3n) is 3.62. The molecule has 3 N–H and O–H groups in total. The van der Waals surface area contributed by atoms with E-state index in [1.807, 2.05) is 0 Å². The molecular weight excluding hydrogens is 260 g/mol. The van der Waals surface area contributed by atoms with Crippen molar-refractivity contribution in [1.82, 2.24) is 4.90 Å².